The first-order chi connectivity index (χ1) is 8.25. The molecule has 1 saturated heterocycles. The summed E-state index contributed by atoms with van der Waals surface area (Å²) >= 11 is 0. The quantitative estimate of drug-likeness (QED) is 0.799. The third kappa shape index (κ3) is 3.31. The Morgan fingerprint density at radius 1 is 1.17 bits per heavy atom. The molecule has 0 aromatic carbocycles. The van der Waals surface area contributed by atoms with Crippen LogP contribution in [0.2, 0.25) is 0 Å². The van der Waals surface area contributed by atoms with Crippen molar-refractivity contribution >= 4 is 5.78 Å². The Labute approximate surface area is 109 Å². The number of rotatable bonds is 4. The minimum atomic E-state index is -1.11. The molecular weight excluding hydrogens is 232 g/mol. The average molecular weight is 258 g/mol. The van der Waals surface area contributed by atoms with Crippen molar-refractivity contribution in [3.63, 3.8) is 0 Å². The maximum absolute atomic E-state index is 11.9. The summed E-state index contributed by atoms with van der Waals surface area (Å²) in [6.07, 6.45) is -2.32. The van der Waals surface area contributed by atoms with E-state index in [1.807, 2.05) is 6.92 Å². The van der Waals surface area contributed by atoms with Crippen LogP contribution in [0.25, 0.3) is 0 Å². The molecule has 0 aliphatic carbocycles. The molecule has 106 valence electrons. The highest BCUT2D eigenvalue weighted by Gasteiger charge is 2.45. The fourth-order valence-corrected chi connectivity index (χ4v) is 2.56. The van der Waals surface area contributed by atoms with Gasteiger partial charge in [0, 0.05) is 11.8 Å². The van der Waals surface area contributed by atoms with E-state index in [0.29, 0.717) is 5.92 Å². The third-order valence-electron chi connectivity index (χ3n) is 3.66. The van der Waals surface area contributed by atoms with Crippen LogP contribution in [-0.4, -0.2) is 40.4 Å². The maximum atomic E-state index is 11.9. The molecule has 1 rings (SSSR count). The van der Waals surface area contributed by atoms with Gasteiger partial charge in [-0.1, -0.05) is 27.7 Å². The monoisotopic (exact) mass is 258 g/mol. The molecule has 1 aliphatic rings. The standard InChI is InChI=1S/C14H26O4/c1-7(2)6-10-9(5)18-14(11(15)8(3)4)13(17)12(10)16/h7-10,12-14,16-17H,6H2,1-5H3/t9?,10?,12-,13?,14-/m1/s1. The van der Waals surface area contributed by atoms with Gasteiger partial charge in [0.05, 0.1) is 12.2 Å². The van der Waals surface area contributed by atoms with E-state index in [4.69, 9.17) is 4.74 Å². The van der Waals surface area contributed by atoms with Crippen molar-refractivity contribution in [2.75, 3.05) is 0 Å². The van der Waals surface area contributed by atoms with Gasteiger partial charge >= 0.3 is 0 Å². The number of aliphatic hydroxyl groups is 2. The molecule has 4 heteroatoms. The van der Waals surface area contributed by atoms with Gasteiger partial charge in [0.15, 0.2) is 5.78 Å². The predicted octanol–water partition coefficient (Wildman–Crippen LogP) is 1.38. The van der Waals surface area contributed by atoms with Crippen LogP contribution in [-0.2, 0) is 9.53 Å². The highest BCUT2D eigenvalue weighted by atomic mass is 16.5. The minimum absolute atomic E-state index is 0.115. The van der Waals surface area contributed by atoms with Gasteiger partial charge in [-0.3, -0.25) is 4.79 Å². The molecule has 1 aliphatic heterocycles. The molecule has 1 heterocycles. The number of carbonyl (C=O) groups is 1. The third-order valence-corrected chi connectivity index (χ3v) is 3.66. The lowest BCUT2D eigenvalue weighted by Gasteiger charge is -2.42. The van der Waals surface area contributed by atoms with E-state index in [-0.39, 0.29) is 23.7 Å². The molecule has 18 heavy (non-hydrogen) atoms. The second kappa shape index (κ2) is 6.13. The molecular formula is C14H26O4. The van der Waals surface area contributed by atoms with Crippen molar-refractivity contribution in [3.05, 3.63) is 0 Å². The van der Waals surface area contributed by atoms with E-state index in [1.165, 1.54) is 0 Å². The van der Waals surface area contributed by atoms with Crippen LogP contribution in [0.4, 0.5) is 0 Å². The summed E-state index contributed by atoms with van der Waals surface area (Å²) in [7, 11) is 0. The Bertz CT molecular complexity index is 288. The largest absolute Gasteiger partial charge is 0.390 e. The number of ether oxygens (including phenoxy) is 1. The van der Waals surface area contributed by atoms with E-state index in [1.54, 1.807) is 13.8 Å². The number of hydrogen-bond acceptors (Lipinski definition) is 4. The van der Waals surface area contributed by atoms with E-state index in [2.05, 4.69) is 13.8 Å². The molecule has 2 N–H and O–H groups in total. The van der Waals surface area contributed by atoms with Crippen molar-refractivity contribution in [2.45, 2.75) is 65.5 Å². The first kappa shape index (κ1) is 15.6. The molecule has 0 spiro atoms. The topological polar surface area (TPSA) is 66.8 Å². The maximum Gasteiger partial charge on any atom is 0.166 e. The van der Waals surface area contributed by atoms with Gasteiger partial charge < -0.3 is 14.9 Å². The summed E-state index contributed by atoms with van der Waals surface area (Å²) in [5.74, 6) is -0.0430. The van der Waals surface area contributed by atoms with Gasteiger partial charge in [-0.15, -0.1) is 0 Å². The van der Waals surface area contributed by atoms with Crippen molar-refractivity contribution in [1.82, 2.24) is 0 Å². The molecule has 1 fully saturated rings. The number of hydrogen-bond donors (Lipinski definition) is 2. The normalized spacial score (nSPS) is 37.3. The van der Waals surface area contributed by atoms with E-state index in [9.17, 15) is 15.0 Å². The van der Waals surface area contributed by atoms with Crippen molar-refractivity contribution in [3.8, 4) is 0 Å². The van der Waals surface area contributed by atoms with Gasteiger partial charge in [-0.25, -0.2) is 0 Å². The predicted molar refractivity (Wildman–Crippen MR) is 69.1 cm³/mol. The SMILES string of the molecule is CC(C)CC1C(C)O[C@H](C(=O)C(C)C)C(O)[C@@H]1O. The molecule has 4 nitrogen and oxygen atoms in total. The summed E-state index contributed by atoms with van der Waals surface area (Å²) < 4.78 is 5.65. The van der Waals surface area contributed by atoms with Crippen LogP contribution < -0.4 is 0 Å². The smallest absolute Gasteiger partial charge is 0.166 e. The second-order valence-corrected chi connectivity index (χ2v) is 6.09. The Morgan fingerprint density at radius 3 is 2.17 bits per heavy atom. The lowest BCUT2D eigenvalue weighted by atomic mass is 9.80. The summed E-state index contributed by atoms with van der Waals surface area (Å²) in [5.41, 5.74) is 0. The van der Waals surface area contributed by atoms with Crippen LogP contribution in [0.1, 0.15) is 41.0 Å². The van der Waals surface area contributed by atoms with E-state index in [0.717, 1.165) is 6.42 Å². The lowest BCUT2D eigenvalue weighted by Crippen LogP contribution is -2.57. The molecule has 0 amide bonds. The van der Waals surface area contributed by atoms with Gasteiger partial charge in [-0.05, 0) is 19.3 Å². The molecule has 0 aromatic rings. The first-order valence-corrected chi connectivity index (χ1v) is 6.81. The number of aliphatic hydroxyl groups excluding tert-OH is 2. The summed E-state index contributed by atoms with van der Waals surface area (Å²) in [4.78, 5) is 11.9. The number of carbonyl (C=O) groups excluding carboxylic acids is 1. The molecule has 5 atom stereocenters. The van der Waals surface area contributed by atoms with Crippen molar-refractivity contribution in [2.24, 2.45) is 17.8 Å². The Balaban J connectivity index is 2.79. The molecule has 0 bridgehead atoms. The summed E-state index contributed by atoms with van der Waals surface area (Å²) in [6, 6.07) is 0. The molecule has 0 aromatic heterocycles. The van der Waals surface area contributed by atoms with Crippen LogP contribution in [0.5, 0.6) is 0 Å². The van der Waals surface area contributed by atoms with Gasteiger partial charge in [0.25, 0.3) is 0 Å². The van der Waals surface area contributed by atoms with Gasteiger partial charge in [0.2, 0.25) is 0 Å². The fraction of sp³-hybridized carbons (Fsp3) is 0.929. The highest BCUT2D eigenvalue weighted by Crippen LogP contribution is 2.31. The summed E-state index contributed by atoms with van der Waals surface area (Å²) in [6.45, 7) is 9.54. The lowest BCUT2D eigenvalue weighted by molar-refractivity contribution is -0.201. The number of ketones is 1. The Morgan fingerprint density at radius 2 is 1.72 bits per heavy atom. The van der Waals surface area contributed by atoms with E-state index >= 15 is 0 Å². The first-order valence-electron chi connectivity index (χ1n) is 6.81. The zero-order chi connectivity index (χ0) is 14.0. The Kier molecular flexibility index (Phi) is 5.32. The van der Waals surface area contributed by atoms with Crippen molar-refractivity contribution < 1.29 is 19.7 Å². The van der Waals surface area contributed by atoms with Crippen LogP contribution >= 0.6 is 0 Å². The molecule has 0 radical (unpaired) electrons. The molecule has 0 saturated carbocycles. The highest BCUT2D eigenvalue weighted by molar-refractivity contribution is 5.85. The fourth-order valence-electron chi connectivity index (χ4n) is 2.56. The second-order valence-electron chi connectivity index (χ2n) is 6.09. The van der Waals surface area contributed by atoms with Crippen LogP contribution in [0, 0.1) is 17.8 Å². The summed E-state index contributed by atoms with van der Waals surface area (Å²) in [5, 5.41) is 20.2. The van der Waals surface area contributed by atoms with Gasteiger partial charge in [-0.2, -0.15) is 0 Å². The van der Waals surface area contributed by atoms with Crippen LogP contribution in [0.15, 0.2) is 0 Å². The van der Waals surface area contributed by atoms with Crippen LogP contribution in [0.3, 0.4) is 0 Å². The van der Waals surface area contributed by atoms with E-state index < -0.39 is 18.3 Å². The average Bonchev–Trinajstić information content (AvgIpc) is 2.28. The Hall–Kier alpha value is -0.450. The van der Waals surface area contributed by atoms with Crippen molar-refractivity contribution in [1.29, 1.82) is 0 Å². The zero-order valence-corrected chi connectivity index (χ0v) is 12.0. The zero-order valence-electron chi connectivity index (χ0n) is 12.0. The van der Waals surface area contributed by atoms with Gasteiger partial charge in [0.1, 0.15) is 12.2 Å². The number of Topliss-reactive ketones (excluding diaryl/α,β-unsaturated/α-hetero) is 1. The molecule has 3 unspecified atom stereocenters. The minimum Gasteiger partial charge on any atom is -0.390 e.